The van der Waals surface area contributed by atoms with Gasteiger partial charge in [0.15, 0.2) is 0 Å². The van der Waals surface area contributed by atoms with Crippen molar-refractivity contribution in [1.29, 1.82) is 5.26 Å². The average molecular weight is 245 g/mol. The molecule has 2 aromatic rings. The number of halogens is 2. The maximum absolute atomic E-state index is 13.5. The maximum atomic E-state index is 13.5. The van der Waals surface area contributed by atoms with Gasteiger partial charge in [-0.3, -0.25) is 0 Å². The van der Waals surface area contributed by atoms with Gasteiger partial charge >= 0.3 is 0 Å². The summed E-state index contributed by atoms with van der Waals surface area (Å²) in [6.07, 6.45) is 0. The van der Waals surface area contributed by atoms with Crippen LogP contribution < -0.4 is 11.1 Å². The lowest BCUT2D eigenvalue weighted by molar-refractivity contribution is 0.624. The van der Waals surface area contributed by atoms with Gasteiger partial charge in [-0.1, -0.05) is 0 Å². The van der Waals surface area contributed by atoms with Crippen LogP contribution in [0.4, 0.5) is 25.8 Å². The molecule has 0 spiro atoms. The Balaban J connectivity index is 2.32. The number of hydrogen-bond donors (Lipinski definition) is 2. The first-order chi connectivity index (χ1) is 8.60. The zero-order valence-electron chi connectivity index (χ0n) is 9.24. The van der Waals surface area contributed by atoms with Gasteiger partial charge in [0, 0.05) is 11.4 Å². The minimum absolute atomic E-state index is 0.101. The Morgan fingerprint density at radius 1 is 1.06 bits per heavy atom. The molecule has 0 aromatic heterocycles. The average Bonchev–Trinajstić information content (AvgIpc) is 2.35. The maximum Gasteiger partial charge on any atom is 0.148 e. The third kappa shape index (κ3) is 2.38. The van der Waals surface area contributed by atoms with E-state index in [-0.39, 0.29) is 11.3 Å². The number of anilines is 3. The van der Waals surface area contributed by atoms with Gasteiger partial charge < -0.3 is 11.1 Å². The van der Waals surface area contributed by atoms with Gasteiger partial charge in [0.1, 0.15) is 17.7 Å². The van der Waals surface area contributed by atoms with Gasteiger partial charge in [-0.2, -0.15) is 5.26 Å². The molecule has 0 aliphatic carbocycles. The van der Waals surface area contributed by atoms with Crippen molar-refractivity contribution < 1.29 is 8.78 Å². The quantitative estimate of drug-likeness (QED) is 0.799. The van der Waals surface area contributed by atoms with Crippen molar-refractivity contribution in [3.63, 3.8) is 0 Å². The van der Waals surface area contributed by atoms with Crippen molar-refractivity contribution in [1.82, 2.24) is 0 Å². The topological polar surface area (TPSA) is 61.8 Å². The summed E-state index contributed by atoms with van der Waals surface area (Å²) in [6, 6.07) is 9.79. The van der Waals surface area contributed by atoms with Crippen molar-refractivity contribution in [3.8, 4) is 6.07 Å². The monoisotopic (exact) mass is 245 g/mol. The molecule has 0 fully saturated rings. The second-order valence-corrected chi connectivity index (χ2v) is 3.67. The van der Waals surface area contributed by atoms with E-state index >= 15 is 0 Å². The highest BCUT2D eigenvalue weighted by Gasteiger charge is 2.06. The van der Waals surface area contributed by atoms with E-state index < -0.39 is 11.6 Å². The van der Waals surface area contributed by atoms with E-state index in [1.165, 1.54) is 24.3 Å². The second kappa shape index (κ2) is 4.72. The van der Waals surface area contributed by atoms with Crippen LogP contribution in [0.3, 0.4) is 0 Å². The molecule has 0 aliphatic heterocycles. The van der Waals surface area contributed by atoms with Crippen molar-refractivity contribution in [2.45, 2.75) is 0 Å². The molecular formula is C13H9F2N3. The Labute approximate surface area is 102 Å². The largest absolute Gasteiger partial charge is 0.399 e. The normalized spacial score (nSPS) is 9.83. The highest BCUT2D eigenvalue weighted by atomic mass is 19.1. The van der Waals surface area contributed by atoms with Crippen LogP contribution in [0.2, 0.25) is 0 Å². The molecule has 0 atom stereocenters. The van der Waals surface area contributed by atoms with E-state index in [2.05, 4.69) is 5.32 Å². The molecule has 0 saturated heterocycles. The number of nitrogens with zero attached hydrogens (tertiary/aromatic N) is 1. The first-order valence-electron chi connectivity index (χ1n) is 5.12. The van der Waals surface area contributed by atoms with Crippen LogP contribution in [0.5, 0.6) is 0 Å². The summed E-state index contributed by atoms with van der Waals surface area (Å²) in [6.45, 7) is 0. The fourth-order valence-corrected chi connectivity index (χ4v) is 1.48. The van der Waals surface area contributed by atoms with Gasteiger partial charge in [-0.25, -0.2) is 8.78 Å². The summed E-state index contributed by atoms with van der Waals surface area (Å²) < 4.78 is 26.6. The third-order valence-electron chi connectivity index (χ3n) is 2.36. The van der Waals surface area contributed by atoms with Crippen LogP contribution in [-0.2, 0) is 0 Å². The summed E-state index contributed by atoms with van der Waals surface area (Å²) in [4.78, 5) is 0. The van der Waals surface area contributed by atoms with Gasteiger partial charge in [-0.05, 0) is 36.4 Å². The molecular weight excluding hydrogens is 236 g/mol. The van der Waals surface area contributed by atoms with Crippen molar-refractivity contribution >= 4 is 17.1 Å². The van der Waals surface area contributed by atoms with Crippen LogP contribution >= 0.6 is 0 Å². The zero-order valence-corrected chi connectivity index (χ0v) is 9.24. The van der Waals surface area contributed by atoms with E-state index in [0.717, 1.165) is 6.07 Å². The Morgan fingerprint density at radius 3 is 2.50 bits per heavy atom. The van der Waals surface area contributed by atoms with Crippen LogP contribution in [0.25, 0.3) is 0 Å². The molecule has 0 radical (unpaired) electrons. The number of hydrogen-bond acceptors (Lipinski definition) is 3. The molecule has 0 amide bonds. The summed E-state index contributed by atoms with van der Waals surface area (Å²) in [5.74, 6) is -1.13. The van der Waals surface area contributed by atoms with Gasteiger partial charge in [0.2, 0.25) is 0 Å². The Bertz CT molecular complexity index is 633. The zero-order chi connectivity index (χ0) is 13.1. The minimum Gasteiger partial charge on any atom is -0.399 e. The molecule has 3 nitrogen and oxygen atoms in total. The lowest BCUT2D eigenvalue weighted by Crippen LogP contribution is -1.96. The summed E-state index contributed by atoms with van der Waals surface area (Å²) in [5, 5.41) is 11.4. The fraction of sp³-hybridized carbons (Fsp3) is 0. The summed E-state index contributed by atoms with van der Waals surface area (Å²) >= 11 is 0. The molecule has 0 aliphatic rings. The summed E-state index contributed by atoms with van der Waals surface area (Å²) in [5.41, 5.74) is 6.28. The van der Waals surface area contributed by atoms with Crippen LogP contribution in [0.1, 0.15) is 5.56 Å². The first kappa shape index (κ1) is 11.9. The van der Waals surface area contributed by atoms with E-state index in [1.807, 2.05) is 0 Å². The first-order valence-corrected chi connectivity index (χ1v) is 5.12. The number of nitrogen functional groups attached to an aromatic ring is 1. The van der Waals surface area contributed by atoms with E-state index in [9.17, 15) is 8.78 Å². The lowest BCUT2D eigenvalue weighted by Gasteiger charge is -2.08. The Morgan fingerprint density at radius 2 is 1.83 bits per heavy atom. The van der Waals surface area contributed by atoms with E-state index in [1.54, 1.807) is 12.1 Å². The Hall–Kier alpha value is -2.61. The van der Waals surface area contributed by atoms with Crippen molar-refractivity contribution in [2.75, 3.05) is 11.1 Å². The molecule has 18 heavy (non-hydrogen) atoms. The molecule has 0 bridgehead atoms. The van der Waals surface area contributed by atoms with Crippen molar-refractivity contribution in [2.24, 2.45) is 0 Å². The predicted molar refractivity (Wildman–Crippen MR) is 65.2 cm³/mol. The predicted octanol–water partition coefficient (Wildman–Crippen LogP) is 3.16. The molecule has 0 unspecified atom stereocenters. The van der Waals surface area contributed by atoms with Gasteiger partial charge in [0.25, 0.3) is 0 Å². The van der Waals surface area contributed by atoms with Crippen molar-refractivity contribution in [3.05, 3.63) is 53.6 Å². The van der Waals surface area contributed by atoms with Crippen LogP contribution in [0, 0.1) is 23.0 Å². The van der Waals surface area contributed by atoms with Crippen LogP contribution in [-0.4, -0.2) is 0 Å². The Kier molecular flexibility index (Phi) is 3.11. The standard InChI is InChI=1S/C13H9F2N3/c14-11-3-2-10(5-8(11)7-16)18-13-4-1-9(17)6-12(13)15/h1-6,18H,17H2. The summed E-state index contributed by atoms with van der Waals surface area (Å²) in [7, 11) is 0. The number of rotatable bonds is 2. The van der Waals surface area contributed by atoms with E-state index in [0.29, 0.717) is 11.4 Å². The molecule has 0 heterocycles. The molecule has 0 saturated carbocycles. The van der Waals surface area contributed by atoms with E-state index in [4.69, 9.17) is 11.0 Å². The minimum atomic E-state index is -0.610. The number of nitriles is 1. The smallest absolute Gasteiger partial charge is 0.148 e. The lowest BCUT2D eigenvalue weighted by atomic mass is 10.2. The highest BCUT2D eigenvalue weighted by molar-refractivity contribution is 5.64. The fourth-order valence-electron chi connectivity index (χ4n) is 1.48. The second-order valence-electron chi connectivity index (χ2n) is 3.67. The third-order valence-corrected chi connectivity index (χ3v) is 2.36. The SMILES string of the molecule is N#Cc1cc(Nc2ccc(N)cc2F)ccc1F. The molecule has 90 valence electrons. The number of nitrogens with one attached hydrogen (secondary N) is 1. The van der Waals surface area contributed by atoms with Gasteiger partial charge in [-0.15, -0.1) is 0 Å². The molecule has 2 rings (SSSR count). The highest BCUT2D eigenvalue weighted by Crippen LogP contribution is 2.23. The molecule has 2 aromatic carbocycles. The number of nitrogens with two attached hydrogens (primary N) is 1. The molecule has 5 heteroatoms. The van der Waals surface area contributed by atoms with Crippen LogP contribution in [0.15, 0.2) is 36.4 Å². The van der Waals surface area contributed by atoms with Gasteiger partial charge in [0.05, 0.1) is 11.3 Å². The molecule has 3 N–H and O–H groups in total. The number of benzene rings is 2.